The van der Waals surface area contributed by atoms with Gasteiger partial charge < -0.3 is 15.2 Å². The number of phenolic OH excluding ortho intramolecular Hbond substituents is 1. The Morgan fingerprint density at radius 2 is 1.90 bits per heavy atom. The SMILES string of the molecule is CCC(Nc1ccc(OC)c(O)c1)c1ccc(Cl)cc1. The van der Waals surface area contributed by atoms with Crippen LogP contribution in [0.5, 0.6) is 11.5 Å². The van der Waals surface area contributed by atoms with Gasteiger partial charge in [-0.25, -0.2) is 0 Å². The van der Waals surface area contributed by atoms with Crippen LogP contribution >= 0.6 is 11.6 Å². The zero-order valence-electron chi connectivity index (χ0n) is 11.6. The second-order valence-corrected chi connectivity index (χ2v) is 4.98. The Kier molecular flexibility index (Phi) is 4.74. The molecule has 0 radical (unpaired) electrons. The van der Waals surface area contributed by atoms with Gasteiger partial charge in [-0.3, -0.25) is 0 Å². The second kappa shape index (κ2) is 6.53. The summed E-state index contributed by atoms with van der Waals surface area (Å²) in [6.45, 7) is 2.11. The highest BCUT2D eigenvalue weighted by molar-refractivity contribution is 6.30. The van der Waals surface area contributed by atoms with E-state index in [1.165, 1.54) is 7.11 Å². The molecule has 0 saturated heterocycles. The van der Waals surface area contributed by atoms with E-state index in [4.69, 9.17) is 16.3 Å². The van der Waals surface area contributed by atoms with Crippen LogP contribution in [-0.2, 0) is 0 Å². The molecule has 4 heteroatoms. The van der Waals surface area contributed by atoms with Crippen LogP contribution < -0.4 is 10.1 Å². The largest absolute Gasteiger partial charge is 0.504 e. The molecule has 0 heterocycles. The zero-order chi connectivity index (χ0) is 14.5. The number of phenols is 1. The first-order valence-corrected chi connectivity index (χ1v) is 6.91. The van der Waals surface area contributed by atoms with Crippen molar-refractivity contribution in [2.75, 3.05) is 12.4 Å². The highest BCUT2D eigenvalue weighted by Gasteiger charge is 2.10. The Hall–Kier alpha value is -1.87. The van der Waals surface area contributed by atoms with Crippen molar-refractivity contribution in [2.45, 2.75) is 19.4 Å². The monoisotopic (exact) mass is 291 g/mol. The van der Waals surface area contributed by atoms with E-state index in [0.29, 0.717) is 5.75 Å². The van der Waals surface area contributed by atoms with Crippen LogP contribution in [0, 0.1) is 0 Å². The number of rotatable bonds is 5. The molecule has 1 atom stereocenters. The molecule has 0 spiro atoms. The first-order valence-electron chi connectivity index (χ1n) is 6.53. The number of methoxy groups -OCH3 is 1. The maximum atomic E-state index is 9.80. The second-order valence-electron chi connectivity index (χ2n) is 4.54. The van der Waals surface area contributed by atoms with Gasteiger partial charge >= 0.3 is 0 Å². The molecule has 2 aromatic rings. The van der Waals surface area contributed by atoms with Crippen molar-refractivity contribution in [1.82, 2.24) is 0 Å². The van der Waals surface area contributed by atoms with E-state index in [0.717, 1.165) is 22.7 Å². The fourth-order valence-corrected chi connectivity index (χ4v) is 2.22. The quantitative estimate of drug-likeness (QED) is 0.845. The van der Waals surface area contributed by atoms with E-state index in [9.17, 15) is 5.11 Å². The minimum atomic E-state index is 0.128. The van der Waals surface area contributed by atoms with Gasteiger partial charge in [0.15, 0.2) is 11.5 Å². The van der Waals surface area contributed by atoms with Crippen molar-refractivity contribution < 1.29 is 9.84 Å². The summed E-state index contributed by atoms with van der Waals surface area (Å²) in [6, 6.07) is 13.2. The molecule has 2 aromatic carbocycles. The molecule has 0 aliphatic rings. The van der Waals surface area contributed by atoms with Crippen LogP contribution in [0.4, 0.5) is 5.69 Å². The molecule has 0 saturated carbocycles. The molecule has 106 valence electrons. The van der Waals surface area contributed by atoms with Crippen molar-refractivity contribution in [3.05, 3.63) is 53.1 Å². The molecule has 0 aliphatic carbocycles. The fourth-order valence-electron chi connectivity index (χ4n) is 2.10. The standard InChI is InChI=1S/C16H18ClNO2/c1-3-14(11-4-6-12(17)7-5-11)18-13-8-9-16(20-2)15(19)10-13/h4-10,14,18-19H,3H2,1-2H3. The predicted molar refractivity (Wildman–Crippen MR) is 82.8 cm³/mol. The lowest BCUT2D eigenvalue weighted by Gasteiger charge is -2.19. The lowest BCUT2D eigenvalue weighted by Crippen LogP contribution is -2.09. The van der Waals surface area contributed by atoms with Crippen LogP contribution in [0.25, 0.3) is 0 Å². The van der Waals surface area contributed by atoms with Crippen molar-refractivity contribution in [1.29, 1.82) is 0 Å². The molecule has 0 bridgehead atoms. The Morgan fingerprint density at radius 1 is 1.20 bits per heavy atom. The highest BCUT2D eigenvalue weighted by atomic mass is 35.5. The van der Waals surface area contributed by atoms with Gasteiger partial charge in [0.1, 0.15) is 0 Å². The van der Waals surface area contributed by atoms with E-state index in [2.05, 4.69) is 12.2 Å². The van der Waals surface area contributed by atoms with E-state index >= 15 is 0 Å². The molecular weight excluding hydrogens is 274 g/mol. The summed E-state index contributed by atoms with van der Waals surface area (Å²) in [5.74, 6) is 0.596. The van der Waals surface area contributed by atoms with Crippen LogP contribution in [0.1, 0.15) is 24.9 Å². The third kappa shape index (κ3) is 3.36. The lowest BCUT2D eigenvalue weighted by atomic mass is 10.0. The van der Waals surface area contributed by atoms with Crippen LogP contribution in [0.15, 0.2) is 42.5 Å². The number of anilines is 1. The van der Waals surface area contributed by atoms with E-state index < -0.39 is 0 Å². The van der Waals surface area contributed by atoms with Gasteiger partial charge in [0.25, 0.3) is 0 Å². The Labute approximate surface area is 124 Å². The van der Waals surface area contributed by atoms with Crippen LogP contribution in [0.2, 0.25) is 5.02 Å². The average Bonchev–Trinajstić information content (AvgIpc) is 2.46. The van der Waals surface area contributed by atoms with Gasteiger partial charge in [0, 0.05) is 16.8 Å². The van der Waals surface area contributed by atoms with E-state index in [1.54, 1.807) is 12.1 Å². The minimum absolute atomic E-state index is 0.128. The summed E-state index contributed by atoms with van der Waals surface area (Å²) in [6.07, 6.45) is 0.925. The Morgan fingerprint density at radius 3 is 2.45 bits per heavy atom. The lowest BCUT2D eigenvalue weighted by molar-refractivity contribution is 0.373. The molecule has 0 aromatic heterocycles. The number of aromatic hydroxyl groups is 1. The van der Waals surface area contributed by atoms with Crippen LogP contribution in [0.3, 0.4) is 0 Å². The summed E-state index contributed by atoms with van der Waals surface area (Å²) >= 11 is 5.91. The average molecular weight is 292 g/mol. The van der Waals surface area contributed by atoms with Gasteiger partial charge in [0.2, 0.25) is 0 Å². The summed E-state index contributed by atoms with van der Waals surface area (Å²) in [7, 11) is 1.53. The number of benzene rings is 2. The van der Waals surface area contributed by atoms with E-state index in [1.807, 2.05) is 30.3 Å². The van der Waals surface area contributed by atoms with Crippen LogP contribution in [-0.4, -0.2) is 12.2 Å². The summed E-state index contributed by atoms with van der Waals surface area (Å²) < 4.78 is 5.04. The van der Waals surface area contributed by atoms with Crippen molar-refractivity contribution >= 4 is 17.3 Å². The highest BCUT2D eigenvalue weighted by Crippen LogP contribution is 2.31. The predicted octanol–water partition coefficient (Wildman–Crippen LogP) is 4.62. The van der Waals surface area contributed by atoms with Crippen molar-refractivity contribution in [3.63, 3.8) is 0 Å². The third-order valence-corrected chi connectivity index (χ3v) is 3.45. The molecule has 1 unspecified atom stereocenters. The number of nitrogens with one attached hydrogen (secondary N) is 1. The Bertz CT molecular complexity index is 569. The number of ether oxygens (including phenoxy) is 1. The molecule has 20 heavy (non-hydrogen) atoms. The molecule has 0 fully saturated rings. The first kappa shape index (κ1) is 14.5. The molecule has 0 amide bonds. The summed E-state index contributed by atoms with van der Waals surface area (Å²) in [5, 5.41) is 13.9. The molecule has 3 nitrogen and oxygen atoms in total. The first-order chi connectivity index (χ1) is 9.63. The number of hydrogen-bond donors (Lipinski definition) is 2. The smallest absolute Gasteiger partial charge is 0.160 e. The molecule has 2 N–H and O–H groups in total. The summed E-state index contributed by atoms with van der Waals surface area (Å²) in [5.41, 5.74) is 2.01. The maximum Gasteiger partial charge on any atom is 0.160 e. The minimum Gasteiger partial charge on any atom is -0.504 e. The zero-order valence-corrected chi connectivity index (χ0v) is 12.3. The van der Waals surface area contributed by atoms with Gasteiger partial charge in [-0.1, -0.05) is 30.7 Å². The fraction of sp³-hybridized carbons (Fsp3) is 0.250. The van der Waals surface area contributed by atoms with Crippen molar-refractivity contribution in [2.24, 2.45) is 0 Å². The number of halogens is 1. The van der Waals surface area contributed by atoms with E-state index in [-0.39, 0.29) is 11.8 Å². The topological polar surface area (TPSA) is 41.5 Å². The molecule has 0 aliphatic heterocycles. The van der Waals surface area contributed by atoms with Gasteiger partial charge in [-0.05, 0) is 36.2 Å². The summed E-state index contributed by atoms with van der Waals surface area (Å²) in [4.78, 5) is 0. The maximum absolute atomic E-state index is 9.80. The molecule has 2 rings (SSSR count). The number of hydrogen-bond acceptors (Lipinski definition) is 3. The normalized spacial score (nSPS) is 11.9. The Balaban J connectivity index is 2.17. The third-order valence-electron chi connectivity index (χ3n) is 3.20. The van der Waals surface area contributed by atoms with Gasteiger partial charge in [0.05, 0.1) is 13.2 Å². The van der Waals surface area contributed by atoms with Crippen molar-refractivity contribution in [3.8, 4) is 11.5 Å². The van der Waals surface area contributed by atoms with Gasteiger partial charge in [-0.15, -0.1) is 0 Å². The molecular formula is C16H18ClNO2. The van der Waals surface area contributed by atoms with Gasteiger partial charge in [-0.2, -0.15) is 0 Å².